The van der Waals surface area contributed by atoms with Crippen molar-refractivity contribution in [2.75, 3.05) is 25.9 Å². The first-order valence-corrected chi connectivity index (χ1v) is 11.6. The van der Waals surface area contributed by atoms with Gasteiger partial charge in [0.1, 0.15) is 0 Å². The van der Waals surface area contributed by atoms with Crippen molar-refractivity contribution in [2.45, 2.75) is 37.8 Å². The predicted octanol–water partition coefficient (Wildman–Crippen LogP) is 2.95. The average Bonchev–Trinajstić information content (AvgIpc) is 3.20. The summed E-state index contributed by atoms with van der Waals surface area (Å²) >= 11 is 0. The molecule has 1 fully saturated rings. The van der Waals surface area contributed by atoms with Crippen LogP contribution in [0.3, 0.4) is 0 Å². The third kappa shape index (κ3) is 6.18. The molecule has 1 N–H and O–H groups in total. The standard InChI is InChI=1S/C20H29N5O2S.HI/c1-4-22-20(23-13-17-5-7-18(8-6-17)28(3,26)27)24-11-9-16(2)19(14-24)25-12-10-21-15-25;/h5-8,10,12,15-16,19H,4,9,11,13-14H2,1-3H3,(H,22,23);1H. The van der Waals surface area contributed by atoms with Crippen LogP contribution in [0.15, 0.2) is 52.9 Å². The number of benzene rings is 1. The number of nitrogens with zero attached hydrogens (tertiary/aromatic N) is 4. The summed E-state index contributed by atoms with van der Waals surface area (Å²) < 4.78 is 25.4. The van der Waals surface area contributed by atoms with E-state index in [1.165, 1.54) is 6.26 Å². The molecule has 2 unspecified atom stereocenters. The van der Waals surface area contributed by atoms with Crippen LogP contribution in [-0.4, -0.2) is 54.7 Å². The topological polar surface area (TPSA) is 79.6 Å². The molecular weight excluding hydrogens is 501 g/mol. The van der Waals surface area contributed by atoms with Gasteiger partial charge in [-0.05, 0) is 37.0 Å². The van der Waals surface area contributed by atoms with Crippen molar-refractivity contribution in [2.24, 2.45) is 10.9 Å². The van der Waals surface area contributed by atoms with Crippen molar-refractivity contribution in [3.05, 3.63) is 48.5 Å². The van der Waals surface area contributed by atoms with Crippen LogP contribution in [0.5, 0.6) is 0 Å². The minimum absolute atomic E-state index is 0. The maximum atomic E-state index is 11.6. The zero-order chi connectivity index (χ0) is 20.1. The van der Waals surface area contributed by atoms with Crippen LogP contribution in [0.1, 0.15) is 31.9 Å². The summed E-state index contributed by atoms with van der Waals surface area (Å²) in [6, 6.07) is 7.32. The normalized spacial score (nSPS) is 20.2. The molecule has 2 atom stereocenters. The largest absolute Gasteiger partial charge is 0.357 e. The van der Waals surface area contributed by atoms with Gasteiger partial charge in [-0.2, -0.15) is 0 Å². The van der Waals surface area contributed by atoms with Crippen LogP contribution in [0.4, 0.5) is 0 Å². The third-order valence-corrected chi connectivity index (χ3v) is 6.35. The maximum Gasteiger partial charge on any atom is 0.194 e. The molecule has 29 heavy (non-hydrogen) atoms. The van der Waals surface area contributed by atoms with E-state index in [2.05, 4.69) is 33.6 Å². The molecule has 7 nitrogen and oxygen atoms in total. The van der Waals surface area contributed by atoms with Gasteiger partial charge in [-0.1, -0.05) is 19.1 Å². The number of aromatic nitrogens is 2. The lowest BCUT2D eigenvalue weighted by molar-refractivity contribution is 0.189. The van der Waals surface area contributed by atoms with Crippen molar-refractivity contribution in [3.63, 3.8) is 0 Å². The van der Waals surface area contributed by atoms with E-state index in [0.717, 1.165) is 37.6 Å². The molecule has 0 bridgehead atoms. The van der Waals surface area contributed by atoms with Gasteiger partial charge in [0.15, 0.2) is 15.8 Å². The fourth-order valence-corrected chi connectivity index (χ4v) is 4.16. The van der Waals surface area contributed by atoms with Gasteiger partial charge >= 0.3 is 0 Å². The van der Waals surface area contributed by atoms with Crippen molar-refractivity contribution in [1.29, 1.82) is 0 Å². The number of aliphatic imine (C=N–C) groups is 1. The van der Waals surface area contributed by atoms with Crippen LogP contribution in [0, 0.1) is 5.92 Å². The summed E-state index contributed by atoms with van der Waals surface area (Å²) in [5.41, 5.74) is 0.986. The Hall–Kier alpha value is -1.62. The molecule has 1 aromatic heterocycles. The Morgan fingerprint density at radius 2 is 2.03 bits per heavy atom. The van der Waals surface area contributed by atoms with Gasteiger partial charge in [0, 0.05) is 38.3 Å². The van der Waals surface area contributed by atoms with E-state index in [0.29, 0.717) is 23.4 Å². The van der Waals surface area contributed by atoms with Crippen molar-refractivity contribution < 1.29 is 8.42 Å². The van der Waals surface area contributed by atoms with E-state index in [4.69, 9.17) is 4.99 Å². The average molecular weight is 531 g/mol. The third-order valence-electron chi connectivity index (χ3n) is 5.22. The number of piperidine rings is 1. The van der Waals surface area contributed by atoms with Gasteiger partial charge in [0.05, 0.1) is 23.8 Å². The summed E-state index contributed by atoms with van der Waals surface area (Å²) in [6.45, 7) is 7.51. The lowest BCUT2D eigenvalue weighted by Crippen LogP contribution is -2.49. The van der Waals surface area contributed by atoms with E-state index in [9.17, 15) is 8.42 Å². The van der Waals surface area contributed by atoms with Gasteiger partial charge < -0.3 is 14.8 Å². The van der Waals surface area contributed by atoms with E-state index < -0.39 is 9.84 Å². The van der Waals surface area contributed by atoms with Gasteiger partial charge in [-0.25, -0.2) is 18.4 Å². The molecule has 0 radical (unpaired) electrons. The van der Waals surface area contributed by atoms with Crippen LogP contribution < -0.4 is 5.32 Å². The van der Waals surface area contributed by atoms with Crippen LogP contribution >= 0.6 is 24.0 Å². The Morgan fingerprint density at radius 3 is 2.62 bits per heavy atom. The molecule has 1 aliphatic heterocycles. The molecule has 1 aromatic carbocycles. The lowest BCUT2D eigenvalue weighted by atomic mass is 9.93. The molecule has 2 heterocycles. The fourth-order valence-electron chi connectivity index (χ4n) is 3.53. The highest BCUT2D eigenvalue weighted by atomic mass is 127. The lowest BCUT2D eigenvalue weighted by Gasteiger charge is -2.39. The second kappa shape index (κ2) is 10.4. The van der Waals surface area contributed by atoms with Crippen molar-refractivity contribution in [1.82, 2.24) is 19.8 Å². The van der Waals surface area contributed by atoms with E-state index in [1.54, 1.807) is 12.1 Å². The van der Waals surface area contributed by atoms with Crippen LogP contribution in [0.2, 0.25) is 0 Å². The first-order valence-electron chi connectivity index (χ1n) is 9.68. The number of likely N-dealkylation sites (tertiary alicyclic amines) is 1. The first kappa shape index (κ1) is 23.7. The summed E-state index contributed by atoms with van der Waals surface area (Å²) in [4.78, 5) is 11.6. The van der Waals surface area contributed by atoms with Crippen molar-refractivity contribution >= 4 is 39.8 Å². The number of rotatable bonds is 5. The SMILES string of the molecule is CCNC(=NCc1ccc(S(C)(=O)=O)cc1)N1CCC(C)C(n2ccnc2)C1.I. The molecule has 0 spiro atoms. The quantitative estimate of drug-likeness (QED) is 0.365. The van der Waals surface area contributed by atoms with E-state index in [1.807, 2.05) is 30.9 Å². The molecule has 3 rings (SSSR count). The highest BCUT2D eigenvalue weighted by Gasteiger charge is 2.28. The van der Waals surface area contributed by atoms with Gasteiger partial charge in [-0.15, -0.1) is 24.0 Å². The minimum atomic E-state index is -3.17. The molecular formula is C20H30IN5O2S. The van der Waals surface area contributed by atoms with Crippen LogP contribution in [0.25, 0.3) is 0 Å². The van der Waals surface area contributed by atoms with E-state index >= 15 is 0 Å². The second-order valence-corrected chi connectivity index (χ2v) is 9.39. The highest BCUT2D eigenvalue weighted by Crippen LogP contribution is 2.27. The number of hydrogen-bond acceptors (Lipinski definition) is 4. The number of guanidine groups is 1. The molecule has 1 saturated heterocycles. The molecule has 160 valence electrons. The second-order valence-electron chi connectivity index (χ2n) is 7.38. The number of hydrogen-bond donors (Lipinski definition) is 1. The number of imidazole rings is 1. The smallest absolute Gasteiger partial charge is 0.194 e. The molecule has 0 amide bonds. The molecule has 0 saturated carbocycles. The van der Waals surface area contributed by atoms with Crippen LogP contribution in [-0.2, 0) is 16.4 Å². The van der Waals surface area contributed by atoms with Gasteiger partial charge in [0.2, 0.25) is 0 Å². The van der Waals surface area contributed by atoms with Gasteiger partial charge in [0.25, 0.3) is 0 Å². The zero-order valence-corrected chi connectivity index (χ0v) is 20.3. The number of nitrogens with one attached hydrogen (secondary N) is 1. The van der Waals surface area contributed by atoms with Gasteiger partial charge in [-0.3, -0.25) is 0 Å². The summed E-state index contributed by atoms with van der Waals surface area (Å²) in [6.07, 6.45) is 8.05. The Morgan fingerprint density at radius 1 is 1.31 bits per heavy atom. The highest BCUT2D eigenvalue weighted by molar-refractivity contribution is 14.0. The zero-order valence-electron chi connectivity index (χ0n) is 17.2. The molecule has 9 heteroatoms. The summed E-state index contributed by atoms with van der Waals surface area (Å²) in [7, 11) is -3.17. The Labute approximate surface area is 190 Å². The number of sulfone groups is 1. The fraction of sp³-hybridized carbons (Fsp3) is 0.500. The predicted molar refractivity (Wildman–Crippen MR) is 126 cm³/mol. The molecule has 0 aliphatic carbocycles. The Balaban J connectivity index is 0.00000300. The first-order chi connectivity index (χ1) is 13.4. The molecule has 2 aromatic rings. The van der Waals surface area contributed by atoms with E-state index in [-0.39, 0.29) is 24.0 Å². The number of halogens is 1. The Bertz CT molecular complexity index is 897. The van der Waals surface area contributed by atoms with Crippen molar-refractivity contribution in [3.8, 4) is 0 Å². The molecule has 1 aliphatic rings. The minimum Gasteiger partial charge on any atom is -0.357 e. The Kier molecular flexibility index (Phi) is 8.50. The monoisotopic (exact) mass is 531 g/mol. The summed E-state index contributed by atoms with van der Waals surface area (Å²) in [5.74, 6) is 1.48. The maximum absolute atomic E-state index is 11.6. The summed E-state index contributed by atoms with van der Waals surface area (Å²) in [5, 5.41) is 3.39.